The van der Waals surface area contributed by atoms with Crippen LogP contribution in [0.15, 0.2) is 6.07 Å². The number of urea groups is 1. The number of aryl methyl sites for hydroxylation is 1. The first-order chi connectivity index (χ1) is 15.2. The number of aromatic nitrogens is 1. The van der Waals surface area contributed by atoms with Gasteiger partial charge in [0, 0.05) is 12.6 Å². The van der Waals surface area contributed by atoms with Crippen molar-refractivity contribution < 1.29 is 23.1 Å². The van der Waals surface area contributed by atoms with E-state index in [-0.39, 0.29) is 27.0 Å². The molecule has 0 aliphatic carbocycles. The third kappa shape index (κ3) is 5.45. The number of nitrogens with two attached hydrogens (primary N) is 1. The molecule has 1 saturated heterocycles. The lowest BCUT2D eigenvalue weighted by Gasteiger charge is -2.19. The summed E-state index contributed by atoms with van der Waals surface area (Å²) in [5.74, 6) is -2.93. The van der Waals surface area contributed by atoms with Crippen LogP contribution in [0.1, 0.15) is 40.7 Å². The third-order valence-electron chi connectivity index (χ3n) is 5.36. The van der Waals surface area contributed by atoms with Crippen LogP contribution in [0, 0.1) is 18.6 Å². The summed E-state index contributed by atoms with van der Waals surface area (Å²) in [4.78, 5) is 26.4. The highest BCUT2D eigenvalue weighted by Gasteiger charge is 2.24. The van der Waals surface area contributed by atoms with Gasteiger partial charge < -0.3 is 20.7 Å². The quantitative estimate of drug-likeness (QED) is 0.492. The maximum Gasteiger partial charge on any atom is 0.319 e. The third-order valence-corrected chi connectivity index (χ3v) is 6.57. The molecule has 1 aliphatic heterocycles. The van der Waals surface area contributed by atoms with Gasteiger partial charge in [-0.25, -0.2) is 13.6 Å². The lowest BCUT2D eigenvalue weighted by molar-refractivity contribution is 0.0996. The zero-order valence-electron chi connectivity index (χ0n) is 17.6. The van der Waals surface area contributed by atoms with Crippen LogP contribution in [-0.2, 0) is 6.61 Å². The Morgan fingerprint density at radius 3 is 2.84 bits per heavy atom. The molecule has 3 rings (SSSR count). The lowest BCUT2D eigenvalue weighted by Crippen LogP contribution is -2.34. The first-order valence-electron chi connectivity index (χ1n) is 9.99. The number of nitrogens with one attached hydrogen (secondary N) is 2. The van der Waals surface area contributed by atoms with Crippen molar-refractivity contribution in [2.45, 2.75) is 38.8 Å². The van der Waals surface area contributed by atoms with Crippen molar-refractivity contribution >= 4 is 40.1 Å². The standard InChI is InChI=1S/C20H24ClF2N5O3S/c1-10-8-13(22)12(16(23)15(10)21)9-31-18-14(17(24)29)19(32-27-18)26-20(30)25-6-5-11-4-3-7-28(11)2/h8,11H,3-7,9H2,1-2H3,(H2,24,29)(H2,25,26,30). The SMILES string of the molecule is Cc1cc(F)c(COc2nsc(NC(=O)NCCC3CCCN3C)c2C(N)=O)c(F)c1Cl. The molecule has 1 aromatic carbocycles. The number of nitrogens with zero attached hydrogens (tertiary/aromatic N) is 2. The molecule has 12 heteroatoms. The topological polar surface area (TPSA) is 110 Å². The van der Waals surface area contributed by atoms with Crippen molar-refractivity contribution in [3.8, 4) is 5.88 Å². The second-order valence-corrected chi connectivity index (χ2v) is 8.72. The largest absolute Gasteiger partial charge is 0.471 e. The van der Waals surface area contributed by atoms with Gasteiger partial charge in [-0.15, -0.1) is 0 Å². The summed E-state index contributed by atoms with van der Waals surface area (Å²) in [5.41, 5.74) is 5.06. The summed E-state index contributed by atoms with van der Waals surface area (Å²) < 4.78 is 37.7. The summed E-state index contributed by atoms with van der Waals surface area (Å²) in [6.45, 7) is 2.41. The van der Waals surface area contributed by atoms with Gasteiger partial charge in [-0.1, -0.05) is 11.6 Å². The van der Waals surface area contributed by atoms with E-state index in [1.807, 2.05) is 0 Å². The molecule has 0 radical (unpaired) electrons. The highest BCUT2D eigenvalue weighted by atomic mass is 35.5. The lowest BCUT2D eigenvalue weighted by atomic mass is 10.1. The van der Waals surface area contributed by atoms with E-state index in [9.17, 15) is 18.4 Å². The van der Waals surface area contributed by atoms with Crippen LogP contribution in [0.4, 0.5) is 18.6 Å². The fourth-order valence-corrected chi connectivity index (χ4v) is 4.45. The van der Waals surface area contributed by atoms with Crippen molar-refractivity contribution in [3.05, 3.63) is 39.4 Å². The number of anilines is 1. The Kier molecular flexibility index (Phi) is 7.86. The molecule has 1 aromatic heterocycles. The predicted octanol–water partition coefficient (Wildman–Crippen LogP) is 3.67. The highest BCUT2D eigenvalue weighted by molar-refractivity contribution is 7.11. The molecule has 1 unspecified atom stereocenters. The normalized spacial score (nSPS) is 16.2. The van der Waals surface area contributed by atoms with Crippen LogP contribution in [0.25, 0.3) is 0 Å². The Bertz CT molecular complexity index is 1020. The Labute approximate surface area is 193 Å². The first-order valence-corrected chi connectivity index (χ1v) is 11.1. The van der Waals surface area contributed by atoms with Gasteiger partial charge in [0.2, 0.25) is 5.88 Å². The maximum absolute atomic E-state index is 14.3. The van der Waals surface area contributed by atoms with Crippen LogP contribution < -0.4 is 21.1 Å². The second-order valence-electron chi connectivity index (χ2n) is 7.57. The Morgan fingerprint density at radius 2 is 2.19 bits per heavy atom. The molecule has 2 aromatic rings. The molecule has 0 spiro atoms. The average Bonchev–Trinajstić information content (AvgIpc) is 3.32. The second kappa shape index (κ2) is 10.4. The van der Waals surface area contributed by atoms with E-state index in [2.05, 4.69) is 27.0 Å². The number of benzene rings is 1. The zero-order chi connectivity index (χ0) is 23.4. The smallest absolute Gasteiger partial charge is 0.319 e. The number of primary amides is 1. The Balaban J connectivity index is 1.63. The number of carbonyl (C=O) groups is 2. The molecule has 0 saturated carbocycles. The summed E-state index contributed by atoms with van der Waals surface area (Å²) in [7, 11) is 2.05. The number of hydrogen-bond acceptors (Lipinski definition) is 6. The number of rotatable bonds is 8. The van der Waals surface area contributed by atoms with Gasteiger partial charge in [0.1, 0.15) is 23.0 Å². The molecular formula is C20H24ClF2N5O3S. The number of ether oxygens (including phenoxy) is 1. The van der Waals surface area contributed by atoms with E-state index in [1.54, 1.807) is 0 Å². The fraction of sp³-hybridized carbons (Fsp3) is 0.450. The van der Waals surface area contributed by atoms with Gasteiger partial charge in [0.15, 0.2) is 5.82 Å². The summed E-state index contributed by atoms with van der Waals surface area (Å²) in [6.07, 6.45) is 3.04. The molecule has 1 fully saturated rings. The molecule has 174 valence electrons. The van der Waals surface area contributed by atoms with Crippen LogP contribution >= 0.6 is 23.1 Å². The molecular weight excluding hydrogens is 464 g/mol. The molecule has 0 bridgehead atoms. The van der Waals surface area contributed by atoms with Gasteiger partial charge in [-0.05, 0) is 62.9 Å². The van der Waals surface area contributed by atoms with E-state index >= 15 is 0 Å². The number of halogens is 3. The minimum Gasteiger partial charge on any atom is -0.471 e. The summed E-state index contributed by atoms with van der Waals surface area (Å²) >= 11 is 6.60. The van der Waals surface area contributed by atoms with Gasteiger partial charge >= 0.3 is 6.03 Å². The van der Waals surface area contributed by atoms with Crippen molar-refractivity contribution in [2.75, 3.05) is 25.5 Å². The van der Waals surface area contributed by atoms with E-state index in [0.717, 1.165) is 43.4 Å². The molecule has 32 heavy (non-hydrogen) atoms. The van der Waals surface area contributed by atoms with Crippen LogP contribution in [0.5, 0.6) is 5.88 Å². The minimum absolute atomic E-state index is 0.0749. The first kappa shape index (κ1) is 24.1. The van der Waals surface area contributed by atoms with Gasteiger partial charge in [-0.2, -0.15) is 4.37 Å². The fourth-order valence-electron chi connectivity index (χ4n) is 3.54. The number of likely N-dealkylation sites (tertiary alicyclic amines) is 1. The van der Waals surface area contributed by atoms with Gasteiger partial charge in [0.25, 0.3) is 5.91 Å². The molecule has 1 atom stereocenters. The number of hydrogen-bond donors (Lipinski definition) is 3. The van der Waals surface area contributed by atoms with Gasteiger partial charge in [-0.3, -0.25) is 10.1 Å². The van der Waals surface area contributed by atoms with Crippen molar-refractivity contribution in [2.24, 2.45) is 5.73 Å². The van der Waals surface area contributed by atoms with Gasteiger partial charge in [0.05, 0.1) is 10.6 Å². The van der Waals surface area contributed by atoms with Crippen molar-refractivity contribution in [3.63, 3.8) is 0 Å². The molecule has 8 nitrogen and oxygen atoms in total. The van der Waals surface area contributed by atoms with E-state index < -0.39 is 35.7 Å². The average molecular weight is 488 g/mol. The van der Waals surface area contributed by atoms with Crippen LogP contribution in [0.2, 0.25) is 5.02 Å². The maximum atomic E-state index is 14.3. The predicted molar refractivity (Wildman–Crippen MR) is 118 cm³/mol. The Morgan fingerprint density at radius 1 is 1.44 bits per heavy atom. The highest BCUT2D eigenvalue weighted by Crippen LogP contribution is 2.32. The molecule has 3 amide bonds. The number of carbonyl (C=O) groups excluding carboxylic acids is 2. The summed E-state index contributed by atoms with van der Waals surface area (Å²) in [5, 5.41) is 5.12. The van der Waals surface area contributed by atoms with Crippen LogP contribution in [-0.4, -0.2) is 47.4 Å². The van der Waals surface area contributed by atoms with Crippen LogP contribution in [0.3, 0.4) is 0 Å². The van der Waals surface area contributed by atoms with E-state index in [0.29, 0.717) is 12.6 Å². The monoisotopic (exact) mass is 487 g/mol. The molecule has 4 N–H and O–H groups in total. The van der Waals surface area contributed by atoms with E-state index in [4.69, 9.17) is 22.1 Å². The van der Waals surface area contributed by atoms with E-state index in [1.165, 1.54) is 6.92 Å². The molecule has 2 heterocycles. The zero-order valence-corrected chi connectivity index (χ0v) is 19.2. The Hall–Kier alpha value is -2.50. The summed E-state index contributed by atoms with van der Waals surface area (Å²) in [6, 6.07) is 0.988. The minimum atomic E-state index is -0.953. The van der Waals surface area contributed by atoms with Crippen molar-refractivity contribution in [1.29, 1.82) is 0 Å². The number of amides is 3. The van der Waals surface area contributed by atoms with Crippen molar-refractivity contribution in [1.82, 2.24) is 14.6 Å². The molecule has 1 aliphatic rings.